The molecule has 37 heavy (non-hydrogen) atoms. The zero-order valence-electron chi connectivity index (χ0n) is 20.9. The third-order valence-electron chi connectivity index (χ3n) is 5.62. The van der Waals surface area contributed by atoms with Gasteiger partial charge in [-0.15, -0.1) is 11.7 Å². The third-order valence-corrected chi connectivity index (χ3v) is 5.62. The van der Waals surface area contributed by atoms with E-state index in [9.17, 15) is 14.4 Å². The fourth-order valence-electron chi connectivity index (χ4n) is 3.99. The van der Waals surface area contributed by atoms with Crippen LogP contribution in [0.25, 0.3) is 0 Å². The maximum atomic E-state index is 12.7. The van der Waals surface area contributed by atoms with Gasteiger partial charge in [-0.25, -0.2) is 0 Å². The van der Waals surface area contributed by atoms with Crippen LogP contribution in [-0.4, -0.2) is 28.7 Å². The molecule has 0 fully saturated rings. The van der Waals surface area contributed by atoms with Crippen molar-refractivity contribution < 1.29 is 23.9 Å². The van der Waals surface area contributed by atoms with Gasteiger partial charge in [0.1, 0.15) is 5.75 Å². The van der Waals surface area contributed by atoms with Crippen molar-refractivity contribution in [1.82, 2.24) is 5.01 Å². The molecular formula is C29H27N3O5. The minimum absolute atomic E-state index is 0.190. The first-order valence-electron chi connectivity index (χ1n) is 11.7. The maximum absolute atomic E-state index is 12.7. The Morgan fingerprint density at radius 2 is 1.84 bits per heavy atom. The van der Waals surface area contributed by atoms with Gasteiger partial charge in [-0.3, -0.25) is 14.4 Å². The number of rotatable bonds is 7. The fourth-order valence-corrected chi connectivity index (χ4v) is 3.99. The standard InChI is InChI=1S/C29H27N3O5/c1-5-9-21-11-8-15-25(26(21)36-20(4)34)29-32(19(3)33)31-28(37-29)23-13-7-14-24(17-23)30-27(35)22-12-6-10-18(2)16-22/h5-8,10-17,29H,1,9H2,2-4H3,(H,30,35)/t29-/m0/s1. The summed E-state index contributed by atoms with van der Waals surface area (Å²) in [5.74, 6) is -0.602. The summed E-state index contributed by atoms with van der Waals surface area (Å²) in [5, 5.41) is 8.49. The van der Waals surface area contributed by atoms with Gasteiger partial charge in [-0.2, -0.15) is 5.01 Å². The number of esters is 1. The predicted molar refractivity (Wildman–Crippen MR) is 140 cm³/mol. The van der Waals surface area contributed by atoms with Crippen molar-refractivity contribution >= 4 is 29.4 Å². The molecular weight excluding hydrogens is 470 g/mol. The van der Waals surface area contributed by atoms with Gasteiger partial charge in [0, 0.05) is 30.7 Å². The van der Waals surface area contributed by atoms with E-state index in [4.69, 9.17) is 9.47 Å². The molecule has 4 rings (SSSR count). The smallest absolute Gasteiger partial charge is 0.308 e. The van der Waals surface area contributed by atoms with Crippen LogP contribution >= 0.6 is 0 Å². The molecule has 8 heteroatoms. The number of aryl methyl sites for hydroxylation is 1. The monoisotopic (exact) mass is 497 g/mol. The van der Waals surface area contributed by atoms with Crippen LogP contribution < -0.4 is 10.1 Å². The first-order chi connectivity index (χ1) is 17.8. The molecule has 8 nitrogen and oxygen atoms in total. The Bertz CT molecular complexity index is 1410. The average molecular weight is 498 g/mol. The molecule has 1 aliphatic rings. The number of hydrazone groups is 1. The van der Waals surface area contributed by atoms with E-state index in [1.54, 1.807) is 54.6 Å². The average Bonchev–Trinajstić information content (AvgIpc) is 3.31. The van der Waals surface area contributed by atoms with E-state index in [0.717, 1.165) is 11.1 Å². The zero-order valence-corrected chi connectivity index (χ0v) is 20.9. The highest BCUT2D eigenvalue weighted by atomic mass is 16.5. The number of carbonyl (C=O) groups excluding carboxylic acids is 3. The molecule has 1 atom stereocenters. The topological polar surface area (TPSA) is 97.3 Å². The molecule has 0 unspecified atom stereocenters. The molecule has 0 aliphatic carbocycles. The van der Waals surface area contributed by atoms with Crippen LogP contribution in [0.4, 0.5) is 5.69 Å². The number of anilines is 1. The minimum Gasteiger partial charge on any atom is -0.446 e. The summed E-state index contributed by atoms with van der Waals surface area (Å²) in [6.45, 7) is 8.37. The fraction of sp³-hybridized carbons (Fsp3) is 0.172. The lowest BCUT2D eigenvalue weighted by Gasteiger charge is -2.22. The molecule has 3 aromatic rings. The number of ether oxygens (including phenoxy) is 2. The molecule has 1 heterocycles. The maximum Gasteiger partial charge on any atom is 0.308 e. The molecule has 188 valence electrons. The Hall–Kier alpha value is -4.72. The van der Waals surface area contributed by atoms with Crippen molar-refractivity contribution in [1.29, 1.82) is 0 Å². The van der Waals surface area contributed by atoms with E-state index in [0.29, 0.717) is 34.5 Å². The Morgan fingerprint density at radius 3 is 2.54 bits per heavy atom. The highest BCUT2D eigenvalue weighted by molar-refractivity contribution is 6.05. The molecule has 0 spiro atoms. The van der Waals surface area contributed by atoms with Gasteiger partial charge >= 0.3 is 5.97 Å². The highest BCUT2D eigenvalue weighted by Gasteiger charge is 2.36. The zero-order chi connectivity index (χ0) is 26.5. The summed E-state index contributed by atoms with van der Waals surface area (Å²) in [7, 11) is 0. The number of hydrogen-bond acceptors (Lipinski definition) is 6. The van der Waals surface area contributed by atoms with Crippen LogP contribution in [-0.2, 0) is 20.7 Å². The van der Waals surface area contributed by atoms with Crippen LogP contribution in [0, 0.1) is 6.92 Å². The summed E-state index contributed by atoms with van der Waals surface area (Å²) in [6, 6.07) is 19.6. The number of benzene rings is 3. The van der Waals surface area contributed by atoms with Crippen molar-refractivity contribution in [3.05, 3.63) is 107 Å². The number of nitrogens with one attached hydrogen (secondary N) is 1. The van der Waals surface area contributed by atoms with Crippen LogP contribution in [0.2, 0.25) is 0 Å². The van der Waals surface area contributed by atoms with E-state index < -0.39 is 12.2 Å². The van der Waals surface area contributed by atoms with Gasteiger partial charge in [0.2, 0.25) is 18.0 Å². The summed E-state index contributed by atoms with van der Waals surface area (Å²) in [5.41, 5.74) is 3.83. The second-order valence-electron chi connectivity index (χ2n) is 8.57. The molecule has 1 aliphatic heterocycles. The Labute approximate surface area is 215 Å². The Morgan fingerprint density at radius 1 is 1.08 bits per heavy atom. The molecule has 0 radical (unpaired) electrons. The number of hydrogen-bond donors (Lipinski definition) is 1. The lowest BCUT2D eigenvalue weighted by molar-refractivity contribution is -0.135. The molecule has 0 saturated heterocycles. The second kappa shape index (κ2) is 10.9. The molecule has 3 aromatic carbocycles. The lowest BCUT2D eigenvalue weighted by Crippen LogP contribution is -2.26. The van der Waals surface area contributed by atoms with E-state index >= 15 is 0 Å². The van der Waals surface area contributed by atoms with Crippen molar-refractivity contribution in [2.24, 2.45) is 5.10 Å². The van der Waals surface area contributed by atoms with Gasteiger partial charge < -0.3 is 14.8 Å². The summed E-state index contributed by atoms with van der Waals surface area (Å²) in [6.07, 6.45) is 1.21. The van der Waals surface area contributed by atoms with Crippen molar-refractivity contribution in [2.75, 3.05) is 5.32 Å². The second-order valence-corrected chi connectivity index (χ2v) is 8.57. The number of para-hydroxylation sites is 1. The number of nitrogens with zero attached hydrogens (tertiary/aromatic N) is 2. The van der Waals surface area contributed by atoms with Crippen LogP contribution in [0.3, 0.4) is 0 Å². The van der Waals surface area contributed by atoms with Crippen molar-refractivity contribution in [3.63, 3.8) is 0 Å². The Balaban J connectivity index is 1.64. The SMILES string of the molecule is C=CCc1cccc([C@@H]2OC(c3cccc(NC(=O)c4cccc(C)c4)c3)=NN2C(C)=O)c1OC(C)=O. The van der Waals surface area contributed by atoms with Gasteiger partial charge in [-0.05, 0) is 55.3 Å². The van der Waals surface area contributed by atoms with E-state index in [1.807, 2.05) is 25.1 Å². The molecule has 0 aromatic heterocycles. The van der Waals surface area contributed by atoms with Gasteiger partial charge in [-0.1, -0.05) is 42.0 Å². The van der Waals surface area contributed by atoms with E-state index in [2.05, 4.69) is 17.0 Å². The normalized spacial score (nSPS) is 14.4. The van der Waals surface area contributed by atoms with Gasteiger partial charge in [0.15, 0.2) is 0 Å². The first kappa shape index (κ1) is 25.4. The van der Waals surface area contributed by atoms with Crippen LogP contribution in [0.5, 0.6) is 5.75 Å². The molecule has 0 bridgehead atoms. The van der Waals surface area contributed by atoms with E-state index in [1.165, 1.54) is 18.9 Å². The Kier molecular flexibility index (Phi) is 7.48. The summed E-state index contributed by atoms with van der Waals surface area (Å²) >= 11 is 0. The molecule has 2 amide bonds. The summed E-state index contributed by atoms with van der Waals surface area (Å²) in [4.78, 5) is 37.1. The molecule has 1 N–H and O–H groups in total. The highest BCUT2D eigenvalue weighted by Crippen LogP contribution is 2.38. The minimum atomic E-state index is -0.947. The number of amides is 2. The van der Waals surface area contributed by atoms with Crippen molar-refractivity contribution in [3.8, 4) is 5.75 Å². The van der Waals surface area contributed by atoms with Crippen LogP contribution in [0.1, 0.15) is 52.7 Å². The van der Waals surface area contributed by atoms with Crippen molar-refractivity contribution in [2.45, 2.75) is 33.4 Å². The van der Waals surface area contributed by atoms with Gasteiger partial charge in [0.05, 0.1) is 5.56 Å². The van der Waals surface area contributed by atoms with E-state index in [-0.39, 0.29) is 17.7 Å². The number of allylic oxidation sites excluding steroid dienone is 1. The van der Waals surface area contributed by atoms with Gasteiger partial charge in [0.25, 0.3) is 5.91 Å². The first-order valence-corrected chi connectivity index (χ1v) is 11.7. The lowest BCUT2D eigenvalue weighted by atomic mass is 10.0. The third kappa shape index (κ3) is 5.75. The molecule has 0 saturated carbocycles. The summed E-state index contributed by atoms with van der Waals surface area (Å²) < 4.78 is 11.7. The number of carbonyl (C=O) groups is 3. The predicted octanol–water partition coefficient (Wildman–Crippen LogP) is 5.14. The quantitative estimate of drug-likeness (QED) is 0.277. The largest absolute Gasteiger partial charge is 0.446 e. The van der Waals surface area contributed by atoms with Crippen LogP contribution in [0.15, 0.2) is 84.5 Å².